The van der Waals surface area contributed by atoms with E-state index in [1.807, 2.05) is 44.2 Å². The SMILES string of the molecule is CCCCCCOc1ccc(/C=C(\C#N)C(=O)Nc2cc(C)cc(C)c2)cc1OC. The highest BCUT2D eigenvalue weighted by molar-refractivity contribution is 6.09. The number of aryl methyl sites for hydroxylation is 2. The Balaban J connectivity index is 2.12. The molecule has 0 radical (unpaired) electrons. The summed E-state index contributed by atoms with van der Waals surface area (Å²) in [5.41, 5.74) is 3.47. The van der Waals surface area contributed by atoms with Crippen LogP contribution in [0.3, 0.4) is 0 Å². The van der Waals surface area contributed by atoms with Gasteiger partial charge in [-0.3, -0.25) is 4.79 Å². The first-order chi connectivity index (χ1) is 14.5. The van der Waals surface area contributed by atoms with E-state index in [1.54, 1.807) is 25.3 Å². The number of ether oxygens (including phenoxy) is 2. The number of hydrogen-bond donors (Lipinski definition) is 1. The zero-order valence-electron chi connectivity index (χ0n) is 18.2. The second-order valence-corrected chi connectivity index (χ2v) is 7.32. The highest BCUT2D eigenvalue weighted by Crippen LogP contribution is 2.29. The van der Waals surface area contributed by atoms with Crippen molar-refractivity contribution in [3.8, 4) is 17.6 Å². The van der Waals surface area contributed by atoms with E-state index >= 15 is 0 Å². The molecule has 0 aliphatic carbocycles. The van der Waals surface area contributed by atoms with Gasteiger partial charge in [0.1, 0.15) is 11.6 Å². The van der Waals surface area contributed by atoms with Gasteiger partial charge in [-0.1, -0.05) is 38.3 Å². The fraction of sp³-hybridized carbons (Fsp3) is 0.360. The van der Waals surface area contributed by atoms with Crippen molar-refractivity contribution < 1.29 is 14.3 Å². The van der Waals surface area contributed by atoms with E-state index in [-0.39, 0.29) is 5.57 Å². The molecule has 0 aliphatic heterocycles. The molecule has 0 aromatic heterocycles. The van der Waals surface area contributed by atoms with Gasteiger partial charge in [0, 0.05) is 5.69 Å². The Morgan fingerprint density at radius 1 is 1.07 bits per heavy atom. The van der Waals surface area contributed by atoms with Crippen molar-refractivity contribution in [2.45, 2.75) is 46.5 Å². The predicted octanol–water partition coefficient (Wildman–Crippen LogP) is 5.82. The van der Waals surface area contributed by atoms with Crippen LogP contribution in [-0.4, -0.2) is 19.6 Å². The van der Waals surface area contributed by atoms with Crippen LogP contribution in [-0.2, 0) is 4.79 Å². The molecule has 1 amide bonds. The number of unbranched alkanes of at least 4 members (excludes halogenated alkanes) is 3. The summed E-state index contributed by atoms with van der Waals surface area (Å²) in [6.45, 7) is 6.73. The molecule has 1 N–H and O–H groups in total. The molecule has 0 spiro atoms. The summed E-state index contributed by atoms with van der Waals surface area (Å²) in [7, 11) is 1.57. The maximum absolute atomic E-state index is 12.6. The maximum atomic E-state index is 12.6. The molecular weight excluding hydrogens is 376 g/mol. The number of hydrogen-bond acceptors (Lipinski definition) is 4. The second-order valence-electron chi connectivity index (χ2n) is 7.32. The van der Waals surface area contributed by atoms with Crippen molar-refractivity contribution in [1.29, 1.82) is 5.26 Å². The summed E-state index contributed by atoms with van der Waals surface area (Å²) >= 11 is 0. The van der Waals surface area contributed by atoms with Gasteiger partial charge in [-0.15, -0.1) is 0 Å². The van der Waals surface area contributed by atoms with E-state index in [0.717, 1.165) is 24.0 Å². The Hall–Kier alpha value is -3.26. The van der Waals surface area contributed by atoms with Crippen molar-refractivity contribution in [2.75, 3.05) is 19.0 Å². The number of benzene rings is 2. The van der Waals surface area contributed by atoms with Crippen LogP contribution in [0.5, 0.6) is 11.5 Å². The Morgan fingerprint density at radius 3 is 2.43 bits per heavy atom. The van der Waals surface area contributed by atoms with E-state index in [4.69, 9.17) is 9.47 Å². The third-order valence-corrected chi connectivity index (χ3v) is 4.60. The van der Waals surface area contributed by atoms with Gasteiger partial charge in [0.25, 0.3) is 5.91 Å². The lowest BCUT2D eigenvalue weighted by molar-refractivity contribution is -0.112. The third-order valence-electron chi connectivity index (χ3n) is 4.60. The maximum Gasteiger partial charge on any atom is 0.266 e. The first-order valence-corrected chi connectivity index (χ1v) is 10.3. The zero-order valence-corrected chi connectivity index (χ0v) is 18.2. The number of anilines is 1. The minimum Gasteiger partial charge on any atom is -0.493 e. The lowest BCUT2D eigenvalue weighted by Crippen LogP contribution is -2.13. The average Bonchev–Trinajstić information content (AvgIpc) is 2.71. The summed E-state index contributed by atoms with van der Waals surface area (Å²) in [5, 5.41) is 12.3. The van der Waals surface area contributed by atoms with Crippen LogP contribution in [0.4, 0.5) is 5.69 Å². The molecule has 0 saturated heterocycles. The van der Waals surface area contributed by atoms with Crippen molar-refractivity contribution in [3.05, 3.63) is 58.7 Å². The van der Waals surface area contributed by atoms with E-state index < -0.39 is 5.91 Å². The van der Waals surface area contributed by atoms with Crippen LogP contribution in [0.25, 0.3) is 6.08 Å². The van der Waals surface area contributed by atoms with E-state index in [1.165, 1.54) is 12.8 Å². The second kappa shape index (κ2) is 11.7. The molecule has 5 heteroatoms. The molecule has 0 unspecified atom stereocenters. The largest absolute Gasteiger partial charge is 0.493 e. The van der Waals surface area contributed by atoms with Crippen LogP contribution in [0.15, 0.2) is 42.0 Å². The number of amides is 1. The standard InChI is InChI=1S/C25H30N2O3/c1-5-6-7-8-11-30-23-10-9-20(16-24(23)29-4)15-21(17-26)25(28)27-22-13-18(2)12-19(3)14-22/h9-10,12-16H,5-8,11H2,1-4H3,(H,27,28)/b21-15+. The smallest absolute Gasteiger partial charge is 0.266 e. The molecule has 0 saturated carbocycles. The Morgan fingerprint density at radius 2 is 1.80 bits per heavy atom. The lowest BCUT2D eigenvalue weighted by Gasteiger charge is -2.11. The van der Waals surface area contributed by atoms with E-state index in [0.29, 0.717) is 29.4 Å². The average molecular weight is 407 g/mol. The molecule has 0 bridgehead atoms. The number of nitrogens with zero attached hydrogens (tertiary/aromatic N) is 1. The lowest BCUT2D eigenvalue weighted by atomic mass is 10.1. The van der Waals surface area contributed by atoms with Crippen LogP contribution >= 0.6 is 0 Å². The van der Waals surface area contributed by atoms with E-state index in [2.05, 4.69) is 12.2 Å². The summed E-state index contributed by atoms with van der Waals surface area (Å²) in [4.78, 5) is 12.6. The molecule has 158 valence electrons. The van der Waals surface area contributed by atoms with Crippen molar-refractivity contribution in [1.82, 2.24) is 0 Å². The number of carbonyl (C=O) groups is 1. The van der Waals surface area contributed by atoms with Crippen LogP contribution in [0.2, 0.25) is 0 Å². The molecular formula is C25H30N2O3. The highest BCUT2D eigenvalue weighted by atomic mass is 16.5. The first-order valence-electron chi connectivity index (χ1n) is 10.3. The number of carbonyl (C=O) groups excluding carboxylic acids is 1. The number of methoxy groups -OCH3 is 1. The minimum absolute atomic E-state index is 0.0180. The van der Waals surface area contributed by atoms with Gasteiger partial charge in [0.15, 0.2) is 11.5 Å². The van der Waals surface area contributed by atoms with Gasteiger partial charge in [-0.25, -0.2) is 0 Å². The molecule has 2 aromatic rings. The Kier molecular flexibility index (Phi) is 8.96. The van der Waals surface area contributed by atoms with Gasteiger partial charge >= 0.3 is 0 Å². The van der Waals surface area contributed by atoms with Crippen molar-refractivity contribution in [3.63, 3.8) is 0 Å². The van der Waals surface area contributed by atoms with Gasteiger partial charge in [-0.05, 0) is 67.3 Å². The molecule has 30 heavy (non-hydrogen) atoms. The van der Waals surface area contributed by atoms with Gasteiger partial charge in [-0.2, -0.15) is 5.26 Å². The molecule has 0 atom stereocenters. The van der Waals surface area contributed by atoms with Crippen LogP contribution in [0, 0.1) is 25.2 Å². The Labute approximate surface area is 179 Å². The molecule has 5 nitrogen and oxygen atoms in total. The third kappa shape index (κ3) is 6.97. The first kappa shape index (κ1) is 23.0. The monoisotopic (exact) mass is 406 g/mol. The van der Waals surface area contributed by atoms with Crippen LogP contribution in [0.1, 0.15) is 49.3 Å². The Bertz CT molecular complexity index is 922. The molecule has 0 aliphatic rings. The van der Waals surface area contributed by atoms with Gasteiger partial charge < -0.3 is 14.8 Å². The zero-order chi connectivity index (χ0) is 21.9. The predicted molar refractivity (Wildman–Crippen MR) is 121 cm³/mol. The highest BCUT2D eigenvalue weighted by Gasteiger charge is 2.12. The number of nitrogens with one attached hydrogen (secondary N) is 1. The normalized spacial score (nSPS) is 11.0. The molecule has 2 rings (SSSR count). The molecule has 2 aromatic carbocycles. The summed E-state index contributed by atoms with van der Waals surface area (Å²) in [6, 6.07) is 13.1. The summed E-state index contributed by atoms with van der Waals surface area (Å²) < 4.78 is 11.2. The molecule has 0 fully saturated rings. The van der Waals surface area contributed by atoms with Crippen molar-refractivity contribution >= 4 is 17.7 Å². The number of rotatable bonds is 10. The van der Waals surface area contributed by atoms with Crippen molar-refractivity contribution in [2.24, 2.45) is 0 Å². The van der Waals surface area contributed by atoms with Gasteiger partial charge in [0.2, 0.25) is 0 Å². The van der Waals surface area contributed by atoms with E-state index in [9.17, 15) is 10.1 Å². The number of nitriles is 1. The minimum atomic E-state index is -0.447. The molecule has 0 heterocycles. The fourth-order valence-corrected chi connectivity index (χ4v) is 3.16. The summed E-state index contributed by atoms with van der Waals surface area (Å²) in [5.74, 6) is 0.785. The van der Waals surface area contributed by atoms with Gasteiger partial charge in [0.05, 0.1) is 13.7 Å². The quantitative estimate of drug-likeness (QED) is 0.307. The fourth-order valence-electron chi connectivity index (χ4n) is 3.16. The van der Waals surface area contributed by atoms with Crippen LogP contribution < -0.4 is 14.8 Å². The summed E-state index contributed by atoms with van der Waals surface area (Å²) in [6.07, 6.45) is 6.07. The topological polar surface area (TPSA) is 71.3 Å².